The maximum Gasteiger partial charge on any atom is 0.0494 e. The topological polar surface area (TPSA) is 12.4 Å². The lowest BCUT2D eigenvalue weighted by molar-refractivity contribution is 0.634. The first-order chi connectivity index (χ1) is 7.36. The van der Waals surface area contributed by atoms with E-state index in [2.05, 4.69) is 37.0 Å². The van der Waals surface area contributed by atoms with Crippen molar-refractivity contribution < 1.29 is 0 Å². The Labute approximate surface area is 92.6 Å². The van der Waals surface area contributed by atoms with Crippen molar-refractivity contribution in [3.05, 3.63) is 42.0 Å². The van der Waals surface area contributed by atoms with Crippen molar-refractivity contribution in [1.29, 1.82) is 0 Å². The Balaban J connectivity index is 2.46. The van der Waals surface area contributed by atoms with Crippen molar-refractivity contribution in [1.82, 2.24) is 0 Å². The molecule has 1 nitrogen and oxygen atoms in total. The third kappa shape index (κ3) is 4.59. The first-order valence-electron chi connectivity index (χ1n) is 5.61. The fourth-order valence-electron chi connectivity index (χ4n) is 1.39. The lowest BCUT2D eigenvalue weighted by atomic mass is 10.2. The summed E-state index contributed by atoms with van der Waals surface area (Å²) in [7, 11) is 0. The Morgan fingerprint density at radius 1 is 1.13 bits per heavy atom. The zero-order valence-electron chi connectivity index (χ0n) is 9.56. The van der Waals surface area contributed by atoms with Crippen molar-refractivity contribution in [2.24, 2.45) is 4.99 Å². The van der Waals surface area contributed by atoms with Gasteiger partial charge in [-0.05, 0) is 24.5 Å². The summed E-state index contributed by atoms with van der Waals surface area (Å²) in [5.74, 6) is 0. The van der Waals surface area contributed by atoms with Crippen molar-refractivity contribution in [2.75, 3.05) is 0 Å². The molecule has 0 amide bonds. The van der Waals surface area contributed by atoms with Gasteiger partial charge in [-0.1, -0.05) is 50.3 Å². The second-order valence-electron chi connectivity index (χ2n) is 3.54. The van der Waals surface area contributed by atoms with E-state index in [1.807, 2.05) is 30.5 Å². The first-order valence-corrected chi connectivity index (χ1v) is 5.61. The molecule has 0 saturated heterocycles. The summed E-state index contributed by atoms with van der Waals surface area (Å²) in [6.45, 7) is 4.35. The second-order valence-corrected chi connectivity index (χ2v) is 3.54. The molecular weight excluding hydrogens is 182 g/mol. The number of hydrogen-bond donors (Lipinski definition) is 0. The number of benzene rings is 1. The van der Waals surface area contributed by atoms with Crippen molar-refractivity contribution >= 4 is 12.3 Å². The molecule has 15 heavy (non-hydrogen) atoms. The SMILES string of the molecule is CCC(CC)N=C/C=C/c1ccccc1. The predicted molar refractivity (Wildman–Crippen MR) is 68.3 cm³/mol. The van der Waals surface area contributed by atoms with Gasteiger partial charge in [-0.15, -0.1) is 0 Å². The van der Waals surface area contributed by atoms with E-state index < -0.39 is 0 Å². The minimum atomic E-state index is 0.477. The summed E-state index contributed by atoms with van der Waals surface area (Å²) in [4.78, 5) is 4.46. The molecule has 0 radical (unpaired) electrons. The normalized spacial score (nSPS) is 11.9. The Hall–Kier alpha value is -1.37. The van der Waals surface area contributed by atoms with Gasteiger partial charge in [0.15, 0.2) is 0 Å². The predicted octanol–water partition coefficient (Wildman–Crippen LogP) is 3.96. The summed E-state index contributed by atoms with van der Waals surface area (Å²) in [5.41, 5.74) is 1.22. The lowest BCUT2D eigenvalue weighted by Gasteiger charge is -2.03. The van der Waals surface area contributed by atoms with Gasteiger partial charge in [0.25, 0.3) is 0 Å². The van der Waals surface area contributed by atoms with Crippen LogP contribution in [0.3, 0.4) is 0 Å². The molecule has 0 saturated carbocycles. The van der Waals surface area contributed by atoms with E-state index in [1.54, 1.807) is 0 Å². The Bertz CT molecular complexity index is 307. The molecule has 1 aromatic rings. The molecule has 0 atom stereocenters. The monoisotopic (exact) mass is 201 g/mol. The van der Waals surface area contributed by atoms with Crippen molar-refractivity contribution in [3.8, 4) is 0 Å². The van der Waals surface area contributed by atoms with Gasteiger partial charge in [-0.2, -0.15) is 0 Å². The third-order valence-electron chi connectivity index (χ3n) is 2.41. The van der Waals surface area contributed by atoms with E-state index >= 15 is 0 Å². The molecular formula is C14H19N. The minimum Gasteiger partial charge on any atom is -0.290 e. The van der Waals surface area contributed by atoms with Crippen LogP contribution in [0.15, 0.2) is 41.4 Å². The van der Waals surface area contributed by atoms with E-state index in [0.29, 0.717) is 6.04 Å². The van der Waals surface area contributed by atoms with Crippen LogP contribution in [0, 0.1) is 0 Å². The summed E-state index contributed by atoms with van der Waals surface area (Å²) in [6, 6.07) is 10.7. The van der Waals surface area contributed by atoms with Crippen LogP contribution in [-0.2, 0) is 0 Å². The molecule has 80 valence electrons. The molecule has 0 aromatic heterocycles. The lowest BCUT2D eigenvalue weighted by Crippen LogP contribution is -1.98. The van der Waals surface area contributed by atoms with Crippen LogP contribution in [0.4, 0.5) is 0 Å². The van der Waals surface area contributed by atoms with Crippen LogP contribution < -0.4 is 0 Å². The number of nitrogens with zero attached hydrogens (tertiary/aromatic N) is 1. The highest BCUT2D eigenvalue weighted by Crippen LogP contribution is 2.02. The van der Waals surface area contributed by atoms with E-state index in [1.165, 1.54) is 5.56 Å². The second kappa shape index (κ2) is 6.99. The third-order valence-corrected chi connectivity index (χ3v) is 2.41. The van der Waals surface area contributed by atoms with E-state index in [0.717, 1.165) is 12.8 Å². The van der Waals surface area contributed by atoms with E-state index in [9.17, 15) is 0 Å². The van der Waals surface area contributed by atoms with Gasteiger partial charge in [-0.25, -0.2) is 0 Å². The van der Waals surface area contributed by atoms with Crippen LogP contribution in [0.5, 0.6) is 0 Å². The number of rotatable bonds is 5. The fourth-order valence-corrected chi connectivity index (χ4v) is 1.39. The Kier molecular flexibility index (Phi) is 5.46. The zero-order valence-corrected chi connectivity index (χ0v) is 9.56. The zero-order chi connectivity index (χ0) is 10.9. The van der Waals surface area contributed by atoms with Crippen LogP contribution in [0.1, 0.15) is 32.3 Å². The maximum atomic E-state index is 4.46. The molecule has 1 aromatic carbocycles. The van der Waals surface area contributed by atoms with Gasteiger partial charge in [0.05, 0.1) is 0 Å². The molecule has 0 aliphatic rings. The quantitative estimate of drug-likeness (QED) is 0.639. The van der Waals surface area contributed by atoms with Gasteiger partial charge in [0.2, 0.25) is 0 Å². The molecule has 1 rings (SSSR count). The molecule has 0 aliphatic carbocycles. The molecule has 0 bridgehead atoms. The minimum absolute atomic E-state index is 0.477. The van der Waals surface area contributed by atoms with Crippen LogP contribution in [-0.4, -0.2) is 12.3 Å². The fraction of sp³-hybridized carbons (Fsp3) is 0.357. The van der Waals surface area contributed by atoms with Gasteiger partial charge in [-0.3, -0.25) is 4.99 Å². The van der Waals surface area contributed by atoms with Gasteiger partial charge in [0.1, 0.15) is 0 Å². The van der Waals surface area contributed by atoms with Gasteiger partial charge < -0.3 is 0 Å². The van der Waals surface area contributed by atoms with Crippen molar-refractivity contribution in [3.63, 3.8) is 0 Å². The highest BCUT2D eigenvalue weighted by Gasteiger charge is 1.95. The highest BCUT2D eigenvalue weighted by molar-refractivity contribution is 5.78. The standard InChI is InChI=1S/C14H19N/c1-3-14(4-2)15-12-8-11-13-9-6-5-7-10-13/h5-12,14H,3-4H2,1-2H3/b11-8+,15-12?. The summed E-state index contributed by atoms with van der Waals surface area (Å²) in [5, 5.41) is 0. The van der Waals surface area contributed by atoms with Gasteiger partial charge in [0, 0.05) is 12.3 Å². The first kappa shape index (κ1) is 11.7. The van der Waals surface area contributed by atoms with E-state index in [4.69, 9.17) is 0 Å². The average Bonchev–Trinajstić information content (AvgIpc) is 2.31. The molecule has 0 fully saturated rings. The Morgan fingerprint density at radius 2 is 1.80 bits per heavy atom. The Morgan fingerprint density at radius 3 is 2.40 bits per heavy atom. The molecule has 0 heterocycles. The summed E-state index contributed by atoms with van der Waals surface area (Å²) >= 11 is 0. The molecule has 0 unspecified atom stereocenters. The van der Waals surface area contributed by atoms with Crippen molar-refractivity contribution in [2.45, 2.75) is 32.7 Å². The molecule has 1 heteroatoms. The summed E-state index contributed by atoms with van der Waals surface area (Å²) in [6.07, 6.45) is 8.22. The maximum absolute atomic E-state index is 4.46. The smallest absolute Gasteiger partial charge is 0.0494 e. The van der Waals surface area contributed by atoms with Crippen LogP contribution >= 0.6 is 0 Å². The van der Waals surface area contributed by atoms with Crippen LogP contribution in [0.2, 0.25) is 0 Å². The molecule has 0 aliphatic heterocycles. The molecule has 0 spiro atoms. The van der Waals surface area contributed by atoms with Crippen LogP contribution in [0.25, 0.3) is 6.08 Å². The highest BCUT2D eigenvalue weighted by atomic mass is 14.8. The summed E-state index contributed by atoms with van der Waals surface area (Å²) < 4.78 is 0. The molecule has 0 N–H and O–H groups in total. The number of aliphatic imine (C=N–C) groups is 1. The largest absolute Gasteiger partial charge is 0.290 e. The average molecular weight is 201 g/mol. The number of allylic oxidation sites excluding steroid dienone is 1. The number of hydrogen-bond acceptors (Lipinski definition) is 1. The van der Waals surface area contributed by atoms with E-state index in [-0.39, 0.29) is 0 Å². The van der Waals surface area contributed by atoms with Gasteiger partial charge >= 0.3 is 0 Å².